The van der Waals surface area contributed by atoms with Crippen LogP contribution in [0.2, 0.25) is 0 Å². The molecule has 15 heavy (non-hydrogen) atoms. The third-order valence-electron chi connectivity index (χ3n) is 2.46. The van der Waals surface area contributed by atoms with E-state index in [1.54, 1.807) is 7.11 Å². The van der Waals surface area contributed by atoms with E-state index < -0.39 is 0 Å². The zero-order valence-electron chi connectivity index (χ0n) is 10.5. The number of likely N-dealkylation sites (N-methyl/N-ethyl adjacent to an activating group) is 2. The molecule has 92 valence electrons. The summed E-state index contributed by atoms with van der Waals surface area (Å²) in [7, 11) is 3.79. The highest BCUT2D eigenvalue weighted by molar-refractivity contribution is 4.84. The van der Waals surface area contributed by atoms with Crippen LogP contribution in [0.4, 0.5) is 0 Å². The first-order valence-corrected chi connectivity index (χ1v) is 5.61. The van der Waals surface area contributed by atoms with Crippen LogP contribution in [0.15, 0.2) is 0 Å². The van der Waals surface area contributed by atoms with Crippen molar-refractivity contribution < 1.29 is 9.84 Å². The van der Waals surface area contributed by atoms with Gasteiger partial charge in [-0.3, -0.25) is 0 Å². The van der Waals surface area contributed by atoms with Crippen molar-refractivity contribution in [2.45, 2.75) is 25.8 Å². The molecule has 0 amide bonds. The Morgan fingerprint density at radius 1 is 1.47 bits per heavy atom. The minimum absolute atomic E-state index is 0.162. The molecule has 1 unspecified atom stereocenters. The lowest BCUT2D eigenvalue weighted by Crippen LogP contribution is -2.53. The number of rotatable bonds is 9. The zero-order chi connectivity index (χ0) is 11.7. The van der Waals surface area contributed by atoms with Crippen molar-refractivity contribution in [1.29, 1.82) is 0 Å². The van der Waals surface area contributed by atoms with Gasteiger partial charge in [0.2, 0.25) is 0 Å². The van der Waals surface area contributed by atoms with Gasteiger partial charge in [-0.2, -0.15) is 0 Å². The second-order valence-electron chi connectivity index (χ2n) is 4.33. The van der Waals surface area contributed by atoms with Gasteiger partial charge >= 0.3 is 0 Å². The summed E-state index contributed by atoms with van der Waals surface area (Å²) in [5.74, 6) is 0. The maximum absolute atomic E-state index is 9.32. The second-order valence-corrected chi connectivity index (χ2v) is 4.33. The summed E-state index contributed by atoms with van der Waals surface area (Å²) in [5, 5.41) is 12.6. The van der Waals surface area contributed by atoms with Gasteiger partial charge in [-0.1, -0.05) is 6.92 Å². The summed E-state index contributed by atoms with van der Waals surface area (Å²) in [5.41, 5.74) is -0.198. The number of hydrogen-bond donors (Lipinski definition) is 2. The van der Waals surface area contributed by atoms with Crippen LogP contribution < -0.4 is 5.32 Å². The highest BCUT2D eigenvalue weighted by Crippen LogP contribution is 2.05. The SMILES string of the molecule is CCNC(C)(CO)CN(C)CCCOC. The summed E-state index contributed by atoms with van der Waals surface area (Å²) >= 11 is 0. The molecule has 0 aromatic rings. The number of nitrogens with one attached hydrogen (secondary N) is 1. The lowest BCUT2D eigenvalue weighted by Gasteiger charge is -2.33. The molecule has 0 aliphatic rings. The molecule has 0 saturated carbocycles. The summed E-state index contributed by atoms with van der Waals surface area (Å²) in [4.78, 5) is 2.22. The fraction of sp³-hybridized carbons (Fsp3) is 1.00. The molecule has 0 heterocycles. The fourth-order valence-corrected chi connectivity index (χ4v) is 1.74. The lowest BCUT2D eigenvalue weighted by atomic mass is 10.0. The van der Waals surface area contributed by atoms with E-state index in [0.717, 1.165) is 32.7 Å². The monoisotopic (exact) mass is 218 g/mol. The van der Waals surface area contributed by atoms with Crippen LogP contribution >= 0.6 is 0 Å². The quantitative estimate of drug-likeness (QED) is 0.547. The molecule has 0 aliphatic carbocycles. The smallest absolute Gasteiger partial charge is 0.0623 e. The number of methoxy groups -OCH3 is 1. The van der Waals surface area contributed by atoms with Crippen molar-refractivity contribution in [3.05, 3.63) is 0 Å². The Morgan fingerprint density at radius 2 is 2.13 bits per heavy atom. The third-order valence-corrected chi connectivity index (χ3v) is 2.46. The van der Waals surface area contributed by atoms with Crippen LogP contribution in [0.1, 0.15) is 20.3 Å². The van der Waals surface area contributed by atoms with Gasteiger partial charge in [-0.15, -0.1) is 0 Å². The number of hydrogen-bond acceptors (Lipinski definition) is 4. The lowest BCUT2D eigenvalue weighted by molar-refractivity contribution is 0.124. The van der Waals surface area contributed by atoms with Crippen LogP contribution in [0.25, 0.3) is 0 Å². The Bertz CT molecular complexity index is 156. The van der Waals surface area contributed by atoms with Crippen molar-refractivity contribution >= 4 is 0 Å². The average Bonchev–Trinajstić information content (AvgIpc) is 2.18. The molecule has 0 radical (unpaired) electrons. The molecule has 0 fully saturated rings. The second kappa shape index (κ2) is 8.05. The summed E-state index contributed by atoms with van der Waals surface area (Å²) in [6, 6.07) is 0. The van der Waals surface area contributed by atoms with E-state index in [-0.39, 0.29) is 12.1 Å². The van der Waals surface area contributed by atoms with Gasteiger partial charge in [0.25, 0.3) is 0 Å². The molecule has 4 heteroatoms. The standard InChI is InChI=1S/C11H26N2O2/c1-5-12-11(2,10-14)9-13(3)7-6-8-15-4/h12,14H,5-10H2,1-4H3. The topological polar surface area (TPSA) is 44.7 Å². The molecule has 0 bridgehead atoms. The molecular weight excluding hydrogens is 192 g/mol. The summed E-state index contributed by atoms with van der Waals surface area (Å²) in [6.45, 7) is 7.78. The van der Waals surface area contributed by atoms with Crippen molar-refractivity contribution in [3.8, 4) is 0 Å². The van der Waals surface area contributed by atoms with E-state index in [4.69, 9.17) is 4.74 Å². The average molecular weight is 218 g/mol. The summed E-state index contributed by atoms with van der Waals surface area (Å²) in [6.07, 6.45) is 1.03. The molecule has 2 N–H and O–H groups in total. The normalized spacial score (nSPS) is 15.6. The minimum atomic E-state index is -0.198. The maximum atomic E-state index is 9.32. The van der Waals surface area contributed by atoms with Crippen molar-refractivity contribution in [2.24, 2.45) is 0 Å². The van der Waals surface area contributed by atoms with Crippen molar-refractivity contribution in [1.82, 2.24) is 10.2 Å². The van der Waals surface area contributed by atoms with Gasteiger partial charge in [0.05, 0.1) is 12.1 Å². The van der Waals surface area contributed by atoms with E-state index in [0.29, 0.717) is 0 Å². The van der Waals surface area contributed by atoms with E-state index in [9.17, 15) is 5.11 Å². The van der Waals surface area contributed by atoms with Gasteiger partial charge in [0.15, 0.2) is 0 Å². The molecule has 0 aliphatic heterocycles. The van der Waals surface area contributed by atoms with Crippen LogP contribution in [-0.4, -0.2) is 62.6 Å². The predicted octanol–water partition coefficient (Wildman–Crippen LogP) is 0.315. The number of aliphatic hydroxyl groups excluding tert-OH is 1. The van der Waals surface area contributed by atoms with E-state index in [1.165, 1.54) is 0 Å². The molecule has 1 atom stereocenters. The largest absolute Gasteiger partial charge is 0.394 e. The van der Waals surface area contributed by atoms with E-state index in [1.807, 2.05) is 6.92 Å². The number of nitrogens with zero attached hydrogens (tertiary/aromatic N) is 1. The van der Waals surface area contributed by atoms with Crippen LogP contribution in [0.3, 0.4) is 0 Å². The number of ether oxygens (including phenoxy) is 1. The molecule has 4 nitrogen and oxygen atoms in total. The fourth-order valence-electron chi connectivity index (χ4n) is 1.74. The van der Waals surface area contributed by atoms with Crippen molar-refractivity contribution in [3.63, 3.8) is 0 Å². The summed E-state index contributed by atoms with van der Waals surface area (Å²) < 4.78 is 5.00. The first-order chi connectivity index (χ1) is 7.08. The Labute approximate surface area is 93.6 Å². The van der Waals surface area contributed by atoms with Crippen LogP contribution in [0.5, 0.6) is 0 Å². The van der Waals surface area contributed by atoms with Gasteiger partial charge in [0, 0.05) is 26.8 Å². The number of aliphatic hydroxyl groups is 1. The minimum Gasteiger partial charge on any atom is -0.394 e. The highest BCUT2D eigenvalue weighted by atomic mass is 16.5. The van der Waals surface area contributed by atoms with E-state index in [2.05, 4.69) is 24.2 Å². The van der Waals surface area contributed by atoms with Crippen molar-refractivity contribution in [2.75, 3.05) is 47.0 Å². The Morgan fingerprint density at radius 3 is 2.60 bits per heavy atom. The van der Waals surface area contributed by atoms with Gasteiger partial charge in [0.1, 0.15) is 0 Å². The van der Waals surface area contributed by atoms with E-state index >= 15 is 0 Å². The molecule has 0 rings (SSSR count). The molecular formula is C11H26N2O2. The molecule has 0 spiro atoms. The molecule has 0 aromatic heterocycles. The Kier molecular flexibility index (Phi) is 7.96. The maximum Gasteiger partial charge on any atom is 0.0623 e. The van der Waals surface area contributed by atoms with Crippen LogP contribution in [0, 0.1) is 0 Å². The third kappa shape index (κ3) is 6.84. The molecule has 0 aromatic carbocycles. The predicted molar refractivity (Wildman–Crippen MR) is 63.2 cm³/mol. The highest BCUT2D eigenvalue weighted by Gasteiger charge is 2.23. The molecule has 0 saturated heterocycles. The Balaban J connectivity index is 3.84. The first-order valence-electron chi connectivity index (χ1n) is 5.61. The zero-order valence-corrected chi connectivity index (χ0v) is 10.5. The van der Waals surface area contributed by atoms with Gasteiger partial charge in [-0.05, 0) is 26.9 Å². The Hall–Kier alpha value is -0.160. The first kappa shape index (κ1) is 14.8. The van der Waals surface area contributed by atoms with Gasteiger partial charge < -0.3 is 20.1 Å². The van der Waals surface area contributed by atoms with Gasteiger partial charge in [-0.25, -0.2) is 0 Å². The van der Waals surface area contributed by atoms with Crippen LogP contribution in [-0.2, 0) is 4.74 Å².